The number of piperidine rings is 1. The van der Waals surface area contributed by atoms with Gasteiger partial charge in [-0.3, -0.25) is 0 Å². The highest BCUT2D eigenvalue weighted by Crippen LogP contribution is 2.20. The molecule has 1 aliphatic rings. The molecule has 1 nitrogen and oxygen atoms in total. The molecule has 1 heteroatoms. The van der Waals surface area contributed by atoms with E-state index in [4.69, 9.17) is 0 Å². The van der Waals surface area contributed by atoms with Gasteiger partial charge in [-0.25, -0.2) is 0 Å². The SMILES string of the molecule is CCCCCCCCCCC1CCC(C)NC1. The van der Waals surface area contributed by atoms with Crippen molar-refractivity contribution in [3.8, 4) is 0 Å². The van der Waals surface area contributed by atoms with Crippen LogP contribution in [-0.2, 0) is 0 Å². The third-order valence-corrected chi connectivity index (χ3v) is 4.23. The third kappa shape index (κ3) is 7.81. The second-order valence-corrected chi connectivity index (χ2v) is 6.02. The first-order valence-electron chi connectivity index (χ1n) is 8.06. The van der Waals surface area contributed by atoms with Crippen molar-refractivity contribution in [2.75, 3.05) is 6.54 Å². The highest BCUT2D eigenvalue weighted by molar-refractivity contribution is 4.74. The van der Waals surface area contributed by atoms with Gasteiger partial charge in [-0.2, -0.15) is 0 Å². The molecule has 0 bridgehead atoms. The Bertz CT molecular complexity index is 159. The van der Waals surface area contributed by atoms with Crippen LogP contribution in [0.5, 0.6) is 0 Å². The van der Waals surface area contributed by atoms with Gasteiger partial charge in [-0.05, 0) is 38.6 Å². The smallest absolute Gasteiger partial charge is 0.00389 e. The first kappa shape index (κ1) is 15.0. The Kier molecular flexibility index (Phi) is 8.78. The molecule has 1 heterocycles. The van der Waals surface area contributed by atoms with Gasteiger partial charge in [0.05, 0.1) is 0 Å². The standard InChI is InChI=1S/C16H33N/c1-3-4-5-6-7-8-9-10-11-16-13-12-15(2)17-14-16/h15-17H,3-14H2,1-2H3. The molecular weight excluding hydrogens is 206 g/mol. The molecule has 2 atom stereocenters. The predicted octanol–water partition coefficient (Wildman–Crippen LogP) is 4.91. The van der Waals surface area contributed by atoms with Gasteiger partial charge < -0.3 is 5.32 Å². The molecule has 0 radical (unpaired) electrons. The predicted molar refractivity (Wildman–Crippen MR) is 77.4 cm³/mol. The topological polar surface area (TPSA) is 12.0 Å². The number of rotatable bonds is 9. The zero-order chi connectivity index (χ0) is 12.3. The second-order valence-electron chi connectivity index (χ2n) is 6.02. The minimum atomic E-state index is 0.768. The van der Waals surface area contributed by atoms with E-state index in [-0.39, 0.29) is 0 Å². The van der Waals surface area contributed by atoms with Crippen molar-refractivity contribution in [2.24, 2.45) is 5.92 Å². The molecule has 102 valence electrons. The van der Waals surface area contributed by atoms with Gasteiger partial charge in [-0.15, -0.1) is 0 Å². The zero-order valence-electron chi connectivity index (χ0n) is 12.1. The van der Waals surface area contributed by atoms with Crippen LogP contribution in [0.2, 0.25) is 0 Å². The molecule has 0 amide bonds. The normalized spacial score (nSPS) is 25.1. The zero-order valence-corrected chi connectivity index (χ0v) is 12.1. The number of nitrogens with one attached hydrogen (secondary N) is 1. The summed E-state index contributed by atoms with van der Waals surface area (Å²) >= 11 is 0. The highest BCUT2D eigenvalue weighted by atomic mass is 14.9. The lowest BCUT2D eigenvalue weighted by Crippen LogP contribution is -2.36. The van der Waals surface area contributed by atoms with E-state index in [0.717, 1.165) is 12.0 Å². The van der Waals surface area contributed by atoms with E-state index in [1.165, 1.54) is 77.2 Å². The molecule has 17 heavy (non-hydrogen) atoms. The Balaban J connectivity index is 1.81. The minimum Gasteiger partial charge on any atom is -0.314 e. The van der Waals surface area contributed by atoms with Crippen LogP contribution in [0.1, 0.15) is 84.5 Å². The van der Waals surface area contributed by atoms with Gasteiger partial charge in [0, 0.05) is 6.04 Å². The van der Waals surface area contributed by atoms with Gasteiger partial charge in [-0.1, -0.05) is 58.3 Å². The Hall–Kier alpha value is -0.0400. The summed E-state index contributed by atoms with van der Waals surface area (Å²) in [6.45, 7) is 5.88. The van der Waals surface area contributed by atoms with E-state index >= 15 is 0 Å². The Labute approximate surface area is 109 Å². The lowest BCUT2D eigenvalue weighted by Gasteiger charge is -2.27. The summed E-state index contributed by atoms with van der Waals surface area (Å²) in [4.78, 5) is 0. The summed E-state index contributed by atoms with van der Waals surface area (Å²) in [5, 5.41) is 3.61. The Morgan fingerprint density at radius 3 is 2.12 bits per heavy atom. The van der Waals surface area contributed by atoms with Gasteiger partial charge >= 0.3 is 0 Å². The summed E-state index contributed by atoms with van der Waals surface area (Å²) < 4.78 is 0. The molecule has 0 aromatic carbocycles. The van der Waals surface area contributed by atoms with Gasteiger partial charge in [0.1, 0.15) is 0 Å². The van der Waals surface area contributed by atoms with Crippen molar-refractivity contribution in [1.29, 1.82) is 0 Å². The minimum absolute atomic E-state index is 0.768. The fourth-order valence-corrected chi connectivity index (χ4v) is 2.87. The summed E-state index contributed by atoms with van der Waals surface area (Å²) in [5.41, 5.74) is 0. The van der Waals surface area contributed by atoms with Crippen LogP contribution in [0.25, 0.3) is 0 Å². The van der Waals surface area contributed by atoms with E-state index in [1.807, 2.05) is 0 Å². The van der Waals surface area contributed by atoms with Gasteiger partial charge in [0.15, 0.2) is 0 Å². The maximum atomic E-state index is 3.61. The largest absolute Gasteiger partial charge is 0.314 e. The molecule has 1 aliphatic heterocycles. The fourth-order valence-electron chi connectivity index (χ4n) is 2.87. The molecule has 0 aromatic rings. The number of hydrogen-bond donors (Lipinski definition) is 1. The lowest BCUT2D eigenvalue weighted by molar-refractivity contribution is 0.301. The Morgan fingerprint density at radius 2 is 1.53 bits per heavy atom. The van der Waals surface area contributed by atoms with Gasteiger partial charge in [0.2, 0.25) is 0 Å². The van der Waals surface area contributed by atoms with Crippen molar-refractivity contribution in [2.45, 2.75) is 90.5 Å². The summed E-state index contributed by atoms with van der Waals surface area (Å²) in [6.07, 6.45) is 15.9. The van der Waals surface area contributed by atoms with Crippen LogP contribution in [0.15, 0.2) is 0 Å². The van der Waals surface area contributed by atoms with E-state index in [0.29, 0.717) is 0 Å². The Morgan fingerprint density at radius 1 is 0.882 bits per heavy atom. The summed E-state index contributed by atoms with van der Waals surface area (Å²) in [6, 6.07) is 0.768. The third-order valence-electron chi connectivity index (χ3n) is 4.23. The van der Waals surface area contributed by atoms with E-state index in [2.05, 4.69) is 19.2 Å². The molecule has 0 saturated carbocycles. The summed E-state index contributed by atoms with van der Waals surface area (Å²) in [7, 11) is 0. The van der Waals surface area contributed by atoms with Crippen molar-refractivity contribution in [1.82, 2.24) is 5.32 Å². The molecular formula is C16H33N. The van der Waals surface area contributed by atoms with Crippen LogP contribution < -0.4 is 5.32 Å². The van der Waals surface area contributed by atoms with Crippen LogP contribution in [-0.4, -0.2) is 12.6 Å². The molecule has 1 N–H and O–H groups in total. The first-order chi connectivity index (χ1) is 8.33. The maximum Gasteiger partial charge on any atom is 0.00389 e. The van der Waals surface area contributed by atoms with Crippen LogP contribution in [0.3, 0.4) is 0 Å². The second kappa shape index (κ2) is 9.94. The van der Waals surface area contributed by atoms with Crippen molar-refractivity contribution in [3.05, 3.63) is 0 Å². The van der Waals surface area contributed by atoms with Crippen molar-refractivity contribution >= 4 is 0 Å². The lowest BCUT2D eigenvalue weighted by atomic mass is 9.90. The molecule has 0 aromatic heterocycles. The monoisotopic (exact) mass is 239 g/mol. The average Bonchev–Trinajstić information content (AvgIpc) is 2.35. The molecule has 1 saturated heterocycles. The van der Waals surface area contributed by atoms with E-state index in [1.54, 1.807) is 0 Å². The molecule has 0 spiro atoms. The van der Waals surface area contributed by atoms with Gasteiger partial charge in [0.25, 0.3) is 0 Å². The number of unbranched alkanes of at least 4 members (excludes halogenated alkanes) is 7. The molecule has 1 fully saturated rings. The van der Waals surface area contributed by atoms with E-state index in [9.17, 15) is 0 Å². The first-order valence-corrected chi connectivity index (χ1v) is 8.06. The molecule has 0 aliphatic carbocycles. The van der Waals surface area contributed by atoms with Crippen LogP contribution >= 0.6 is 0 Å². The number of hydrogen-bond acceptors (Lipinski definition) is 1. The average molecular weight is 239 g/mol. The van der Waals surface area contributed by atoms with Crippen molar-refractivity contribution in [3.63, 3.8) is 0 Å². The van der Waals surface area contributed by atoms with Crippen LogP contribution in [0, 0.1) is 5.92 Å². The molecule has 2 unspecified atom stereocenters. The van der Waals surface area contributed by atoms with E-state index < -0.39 is 0 Å². The van der Waals surface area contributed by atoms with Crippen molar-refractivity contribution < 1.29 is 0 Å². The quantitative estimate of drug-likeness (QED) is 0.564. The van der Waals surface area contributed by atoms with Crippen LogP contribution in [0.4, 0.5) is 0 Å². The highest BCUT2D eigenvalue weighted by Gasteiger charge is 2.16. The fraction of sp³-hybridized carbons (Fsp3) is 1.00. The summed E-state index contributed by atoms with van der Waals surface area (Å²) in [5.74, 6) is 0.978. The molecule has 1 rings (SSSR count). The maximum absolute atomic E-state index is 3.61.